The van der Waals surface area contributed by atoms with Crippen LogP contribution in [0.15, 0.2) is 30.5 Å². The molecule has 0 saturated carbocycles. The van der Waals surface area contributed by atoms with Gasteiger partial charge in [0.1, 0.15) is 0 Å². The molecule has 1 heterocycles. The Kier molecular flexibility index (Phi) is 3.28. The van der Waals surface area contributed by atoms with E-state index in [0.29, 0.717) is 12.1 Å². The van der Waals surface area contributed by atoms with E-state index in [0.717, 1.165) is 10.9 Å². The van der Waals surface area contributed by atoms with Gasteiger partial charge in [0.25, 0.3) is 0 Å². The summed E-state index contributed by atoms with van der Waals surface area (Å²) in [5, 5.41) is 9.99. The molecule has 0 aliphatic rings. The van der Waals surface area contributed by atoms with Gasteiger partial charge in [0.2, 0.25) is 5.91 Å². The number of nitrogens with one attached hydrogen (secondary N) is 1. The molecule has 0 spiro atoms. The number of hydrogen-bond acceptors (Lipinski definition) is 3. The molecule has 5 nitrogen and oxygen atoms in total. The Labute approximate surface area is 111 Å². The lowest BCUT2D eigenvalue weighted by Crippen LogP contribution is -2.43. The first kappa shape index (κ1) is 13.1. The molecule has 1 amide bonds. The Bertz CT molecular complexity index is 664. The van der Waals surface area contributed by atoms with Gasteiger partial charge in [-0.2, -0.15) is 5.26 Å². The molecule has 0 radical (unpaired) electrons. The number of aromatic nitrogens is 1. The monoisotopic (exact) mass is 256 g/mol. The lowest BCUT2D eigenvalue weighted by atomic mass is 9.92. The van der Waals surface area contributed by atoms with E-state index in [1.54, 1.807) is 6.07 Å². The number of rotatable bonds is 3. The number of hydrogen-bond donors (Lipinski definition) is 2. The summed E-state index contributed by atoms with van der Waals surface area (Å²) in [5.41, 5.74) is 3.11. The van der Waals surface area contributed by atoms with Crippen LogP contribution < -0.4 is 11.3 Å². The predicted molar refractivity (Wildman–Crippen MR) is 72.8 cm³/mol. The van der Waals surface area contributed by atoms with E-state index in [9.17, 15) is 4.79 Å². The zero-order valence-corrected chi connectivity index (χ0v) is 11.0. The first-order chi connectivity index (χ1) is 8.97. The fraction of sp³-hybridized carbons (Fsp3) is 0.286. The molecule has 2 aromatic rings. The topological polar surface area (TPSA) is 83.8 Å². The highest BCUT2D eigenvalue weighted by Gasteiger charge is 2.27. The van der Waals surface area contributed by atoms with Crippen LogP contribution in [-0.4, -0.2) is 10.5 Å². The number of carbonyl (C=O) groups excluding carboxylic acids is 1. The molecule has 1 aromatic carbocycles. The average Bonchev–Trinajstić information content (AvgIpc) is 2.79. The Balaban J connectivity index is 2.41. The summed E-state index contributed by atoms with van der Waals surface area (Å²) in [7, 11) is 0. The van der Waals surface area contributed by atoms with Gasteiger partial charge in [-0.05, 0) is 37.4 Å². The molecule has 3 N–H and O–H groups in total. The van der Waals surface area contributed by atoms with Gasteiger partial charge in [-0.1, -0.05) is 6.07 Å². The van der Waals surface area contributed by atoms with Crippen molar-refractivity contribution in [2.75, 3.05) is 0 Å². The van der Waals surface area contributed by atoms with Gasteiger partial charge in [0.15, 0.2) is 0 Å². The molecule has 2 rings (SSSR count). The Morgan fingerprint density at radius 1 is 1.47 bits per heavy atom. The summed E-state index contributed by atoms with van der Waals surface area (Å²) in [6.45, 7) is 4.15. The van der Waals surface area contributed by atoms with Crippen molar-refractivity contribution in [1.82, 2.24) is 9.99 Å². The molecule has 0 fully saturated rings. The highest BCUT2D eigenvalue weighted by Crippen LogP contribution is 2.23. The number of nitrogens with zero attached hydrogens (tertiary/aromatic N) is 2. The summed E-state index contributed by atoms with van der Waals surface area (Å²) in [5.74, 6) is 4.98. The quantitative estimate of drug-likeness (QED) is 0.496. The van der Waals surface area contributed by atoms with Crippen LogP contribution in [0.5, 0.6) is 0 Å². The Hall–Kier alpha value is -2.32. The summed E-state index contributed by atoms with van der Waals surface area (Å²) >= 11 is 0. The number of nitriles is 1. The molecule has 1 aromatic heterocycles. The van der Waals surface area contributed by atoms with E-state index < -0.39 is 5.41 Å². The minimum absolute atomic E-state index is 0.217. The van der Waals surface area contributed by atoms with Crippen molar-refractivity contribution in [3.63, 3.8) is 0 Å². The first-order valence-electron chi connectivity index (χ1n) is 5.98. The van der Waals surface area contributed by atoms with Gasteiger partial charge in [0.05, 0.1) is 17.0 Å². The molecular weight excluding hydrogens is 240 g/mol. The number of fused-ring (bicyclic) bond motifs is 1. The molecular formula is C14H16N4O. The zero-order valence-electron chi connectivity index (χ0n) is 11.0. The van der Waals surface area contributed by atoms with Gasteiger partial charge in [-0.25, -0.2) is 5.84 Å². The highest BCUT2D eigenvalue weighted by atomic mass is 16.2. The van der Waals surface area contributed by atoms with Crippen molar-refractivity contribution in [2.45, 2.75) is 20.4 Å². The standard InChI is InChI=1S/C14H16N4O/c1-14(2,13(19)17-16)9-18-6-5-11-4-3-10(8-15)7-12(11)18/h3-7H,9,16H2,1-2H3,(H,17,19). The predicted octanol–water partition coefficient (Wildman–Crippen LogP) is 1.53. The van der Waals surface area contributed by atoms with Gasteiger partial charge in [-0.3, -0.25) is 10.2 Å². The SMILES string of the molecule is CC(C)(Cn1ccc2ccc(C#N)cc21)C(=O)NN. The number of amides is 1. The molecule has 0 atom stereocenters. The molecule has 0 aliphatic heterocycles. The fourth-order valence-electron chi connectivity index (χ4n) is 2.08. The molecule has 5 heteroatoms. The fourth-order valence-corrected chi connectivity index (χ4v) is 2.08. The van der Waals surface area contributed by atoms with Crippen LogP contribution in [0.3, 0.4) is 0 Å². The van der Waals surface area contributed by atoms with Gasteiger partial charge in [-0.15, -0.1) is 0 Å². The van der Waals surface area contributed by atoms with Crippen LogP contribution in [-0.2, 0) is 11.3 Å². The second kappa shape index (κ2) is 4.75. The third-order valence-corrected chi connectivity index (χ3v) is 3.21. The second-order valence-electron chi connectivity index (χ2n) is 5.19. The van der Waals surface area contributed by atoms with E-state index in [2.05, 4.69) is 11.5 Å². The lowest BCUT2D eigenvalue weighted by molar-refractivity contribution is -0.130. The molecule has 19 heavy (non-hydrogen) atoms. The lowest BCUT2D eigenvalue weighted by Gasteiger charge is -2.23. The van der Waals surface area contributed by atoms with Crippen molar-refractivity contribution >= 4 is 16.8 Å². The summed E-state index contributed by atoms with van der Waals surface area (Å²) < 4.78 is 1.96. The van der Waals surface area contributed by atoms with Crippen molar-refractivity contribution in [1.29, 1.82) is 5.26 Å². The molecule has 0 unspecified atom stereocenters. The van der Waals surface area contributed by atoms with Crippen molar-refractivity contribution < 1.29 is 4.79 Å². The molecule has 0 aliphatic carbocycles. The van der Waals surface area contributed by atoms with Gasteiger partial charge >= 0.3 is 0 Å². The van der Waals surface area contributed by atoms with Crippen LogP contribution in [0, 0.1) is 16.7 Å². The minimum atomic E-state index is -0.622. The van der Waals surface area contributed by atoms with E-state index in [1.807, 2.05) is 42.8 Å². The van der Waals surface area contributed by atoms with Crippen molar-refractivity contribution in [2.24, 2.45) is 11.3 Å². The smallest absolute Gasteiger partial charge is 0.241 e. The number of hydrazine groups is 1. The normalized spacial score (nSPS) is 11.3. The maximum Gasteiger partial charge on any atom is 0.241 e. The van der Waals surface area contributed by atoms with Crippen LogP contribution in [0.2, 0.25) is 0 Å². The number of benzene rings is 1. The van der Waals surface area contributed by atoms with Crippen LogP contribution >= 0.6 is 0 Å². The zero-order chi connectivity index (χ0) is 14.0. The summed E-state index contributed by atoms with van der Waals surface area (Å²) in [6, 6.07) is 9.60. The second-order valence-corrected chi connectivity index (χ2v) is 5.19. The number of nitrogens with two attached hydrogens (primary N) is 1. The third-order valence-electron chi connectivity index (χ3n) is 3.21. The summed E-state index contributed by atoms with van der Waals surface area (Å²) in [6.07, 6.45) is 1.91. The van der Waals surface area contributed by atoms with Crippen LogP contribution in [0.25, 0.3) is 10.9 Å². The third kappa shape index (κ3) is 2.44. The summed E-state index contributed by atoms with van der Waals surface area (Å²) in [4.78, 5) is 11.7. The van der Waals surface area contributed by atoms with E-state index in [4.69, 9.17) is 11.1 Å². The molecule has 0 saturated heterocycles. The molecule has 98 valence electrons. The number of carbonyl (C=O) groups is 1. The minimum Gasteiger partial charge on any atom is -0.346 e. The van der Waals surface area contributed by atoms with Crippen LogP contribution in [0.1, 0.15) is 19.4 Å². The maximum atomic E-state index is 11.7. The van der Waals surface area contributed by atoms with E-state index in [1.165, 1.54) is 0 Å². The Morgan fingerprint density at radius 3 is 2.84 bits per heavy atom. The van der Waals surface area contributed by atoms with E-state index in [-0.39, 0.29) is 5.91 Å². The van der Waals surface area contributed by atoms with Gasteiger partial charge in [0, 0.05) is 18.3 Å². The average molecular weight is 256 g/mol. The maximum absolute atomic E-state index is 11.7. The first-order valence-corrected chi connectivity index (χ1v) is 5.98. The van der Waals surface area contributed by atoms with Gasteiger partial charge < -0.3 is 4.57 Å². The van der Waals surface area contributed by atoms with E-state index >= 15 is 0 Å². The van der Waals surface area contributed by atoms with Crippen molar-refractivity contribution in [3.8, 4) is 6.07 Å². The van der Waals surface area contributed by atoms with Crippen LogP contribution in [0.4, 0.5) is 0 Å². The van der Waals surface area contributed by atoms with Crippen molar-refractivity contribution in [3.05, 3.63) is 36.0 Å². The largest absolute Gasteiger partial charge is 0.346 e. The highest BCUT2D eigenvalue weighted by molar-refractivity contribution is 5.83. The Morgan fingerprint density at radius 2 is 2.21 bits per heavy atom. The molecule has 0 bridgehead atoms.